The Bertz CT molecular complexity index is 1510. The lowest BCUT2D eigenvalue weighted by atomic mass is 9.96. The fourth-order valence-corrected chi connectivity index (χ4v) is 5.31. The van der Waals surface area contributed by atoms with Gasteiger partial charge in [0.1, 0.15) is 6.26 Å². The van der Waals surface area contributed by atoms with Crippen LogP contribution in [0.5, 0.6) is 0 Å². The summed E-state index contributed by atoms with van der Waals surface area (Å²) in [5.41, 5.74) is 3.87. The number of aryl methyl sites for hydroxylation is 1. The second kappa shape index (κ2) is 10.6. The Hall–Kier alpha value is -3.92. The number of amides is 1. The average molecular weight is 523 g/mol. The van der Waals surface area contributed by atoms with Crippen LogP contribution in [0.4, 0.5) is 5.88 Å². The molecule has 0 aliphatic rings. The topological polar surface area (TPSA) is 119 Å². The van der Waals surface area contributed by atoms with Gasteiger partial charge >= 0.3 is 0 Å². The SMILES string of the molecule is CCC(=O)N(Cc1cc(-c2ncco2)ccc1-c1ccccc1S(=O)(=O)Nc1onc(C)c1C)C(C)C. The van der Waals surface area contributed by atoms with Crippen LogP contribution in [0.3, 0.4) is 0 Å². The van der Waals surface area contributed by atoms with Gasteiger partial charge in [-0.25, -0.2) is 18.1 Å². The van der Waals surface area contributed by atoms with E-state index in [1.165, 1.54) is 6.26 Å². The summed E-state index contributed by atoms with van der Waals surface area (Å²) in [6, 6.07) is 12.2. The van der Waals surface area contributed by atoms with E-state index < -0.39 is 10.0 Å². The zero-order valence-corrected chi connectivity index (χ0v) is 22.3. The number of hydrogen-bond donors (Lipinski definition) is 1. The number of benzene rings is 2. The van der Waals surface area contributed by atoms with Crippen molar-refractivity contribution in [3.8, 4) is 22.6 Å². The van der Waals surface area contributed by atoms with Crippen LogP contribution in [0.2, 0.25) is 0 Å². The molecular weight excluding hydrogens is 492 g/mol. The Labute approximate surface area is 216 Å². The van der Waals surface area contributed by atoms with Crippen molar-refractivity contribution in [2.75, 3.05) is 4.72 Å². The molecule has 1 N–H and O–H groups in total. The molecule has 2 aromatic heterocycles. The molecule has 9 nitrogen and oxygen atoms in total. The van der Waals surface area contributed by atoms with Crippen molar-refractivity contribution in [2.45, 2.75) is 58.5 Å². The highest BCUT2D eigenvalue weighted by Gasteiger charge is 2.25. The number of carbonyl (C=O) groups is 1. The highest BCUT2D eigenvalue weighted by molar-refractivity contribution is 7.92. The molecule has 0 saturated heterocycles. The molecule has 37 heavy (non-hydrogen) atoms. The maximum Gasteiger partial charge on any atom is 0.264 e. The second-order valence-corrected chi connectivity index (χ2v) is 10.7. The summed E-state index contributed by atoms with van der Waals surface area (Å²) < 4.78 is 40.2. The van der Waals surface area contributed by atoms with Crippen LogP contribution < -0.4 is 4.72 Å². The molecule has 0 aliphatic carbocycles. The molecule has 0 radical (unpaired) electrons. The summed E-state index contributed by atoms with van der Waals surface area (Å²) in [7, 11) is -4.03. The molecule has 4 aromatic rings. The molecule has 0 bridgehead atoms. The van der Waals surface area contributed by atoms with Gasteiger partial charge < -0.3 is 13.8 Å². The maximum absolute atomic E-state index is 13.5. The van der Waals surface area contributed by atoms with E-state index in [0.29, 0.717) is 34.7 Å². The van der Waals surface area contributed by atoms with E-state index in [2.05, 4.69) is 14.9 Å². The van der Waals surface area contributed by atoms with Crippen LogP contribution in [0.1, 0.15) is 44.0 Å². The van der Waals surface area contributed by atoms with Gasteiger partial charge in [-0.3, -0.25) is 4.79 Å². The van der Waals surface area contributed by atoms with Gasteiger partial charge in [0.25, 0.3) is 10.0 Å². The Balaban J connectivity index is 1.85. The number of carbonyl (C=O) groups excluding carboxylic acids is 1. The third kappa shape index (κ3) is 5.43. The first kappa shape index (κ1) is 26.2. The fourth-order valence-electron chi connectivity index (χ4n) is 4.04. The first-order valence-corrected chi connectivity index (χ1v) is 13.5. The number of hydrogen-bond acceptors (Lipinski definition) is 7. The van der Waals surface area contributed by atoms with E-state index in [9.17, 15) is 13.2 Å². The largest absolute Gasteiger partial charge is 0.445 e. The number of oxazole rings is 1. The number of nitrogens with one attached hydrogen (secondary N) is 1. The third-order valence-corrected chi connectivity index (χ3v) is 7.61. The Kier molecular flexibility index (Phi) is 7.49. The summed E-state index contributed by atoms with van der Waals surface area (Å²) in [6.07, 6.45) is 3.41. The number of rotatable bonds is 9. The number of aromatic nitrogens is 2. The zero-order chi connectivity index (χ0) is 26.7. The molecule has 194 valence electrons. The lowest BCUT2D eigenvalue weighted by Gasteiger charge is -2.28. The van der Waals surface area contributed by atoms with E-state index in [4.69, 9.17) is 8.94 Å². The Morgan fingerprint density at radius 3 is 2.49 bits per heavy atom. The van der Waals surface area contributed by atoms with Crippen LogP contribution in [0.25, 0.3) is 22.6 Å². The van der Waals surface area contributed by atoms with Crippen LogP contribution in [0.15, 0.2) is 68.8 Å². The number of sulfonamides is 1. The van der Waals surface area contributed by atoms with Crippen LogP contribution in [-0.4, -0.2) is 35.4 Å². The predicted octanol–water partition coefficient (Wildman–Crippen LogP) is 5.56. The molecule has 0 aliphatic heterocycles. The van der Waals surface area contributed by atoms with Gasteiger partial charge in [-0.05, 0) is 57.0 Å². The van der Waals surface area contributed by atoms with E-state index >= 15 is 0 Å². The summed E-state index contributed by atoms with van der Waals surface area (Å²) in [6.45, 7) is 9.49. The molecule has 0 unspecified atom stereocenters. The lowest BCUT2D eigenvalue weighted by Crippen LogP contribution is -2.36. The molecule has 0 saturated carbocycles. The molecule has 1 amide bonds. The van der Waals surface area contributed by atoms with Crippen molar-refractivity contribution in [3.05, 3.63) is 71.7 Å². The molecular formula is C27H30N4O5S. The quantitative estimate of drug-likeness (QED) is 0.306. The van der Waals surface area contributed by atoms with Gasteiger partial charge in [0.05, 0.1) is 16.8 Å². The molecule has 2 heterocycles. The summed E-state index contributed by atoms with van der Waals surface area (Å²) in [5, 5.41) is 3.84. The molecule has 0 spiro atoms. The highest BCUT2D eigenvalue weighted by atomic mass is 32.2. The van der Waals surface area contributed by atoms with Crippen molar-refractivity contribution >= 4 is 21.8 Å². The van der Waals surface area contributed by atoms with Crippen molar-refractivity contribution in [2.24, 2.45) is 0 Å². The minimum atomic E-state index is -4.03. The molecule has 4 rings (SSSR count). The van der Waals surface area contributed by atoms with Crippen molar-refractivity contribution in [3.63, 3.8) is 0 Å². The lowest BCUT2D eigenvalue weighted by molar-refractivity contribution is -0.133. The van der Waals surface area contributed by atoms with Gasteiger partial charge in [0.15, 0.2) is 0 Å². The van der Waals surface area contributed by atoms with Crippen molar-refractivity contribution in [1.29, 1.82) is 0 Å². The summed E-state index contributed by atoms with van der Waals surface area (Å²) >= 11 is 0. The van der Waals surface area contributed by atoms with Crippen LogP contribution in [-0.2, 0) is 21.4 Å². The van der Waals surface area contributed by atoms with Gasteiger partial charge in [-0.1, -0.05) is 36.3 Å². The zero-order valence-electron chi connectivity index (χ0n) is 21.5. The van der Waals surface area contributed by atoms with Crippen LogP contribution in [0, 0.1) is 13.8 Å². The fraction of sp³-hybridized carbons (Fsp3) is 0.296. The Morgan fingerprint density at radius 2 is 1.86 bits per heavy atom. The monoisotopic (exact) mass is 522 g/mol. The molecule has 0 fully saturated rings. The predicted molar refractivity (Wildman–Crippen MR) is 140 cm³/mol. The average Bonchev–Trinajstić information content (AvgIpc) is 3.53. The third-order valence-electron chi connectivity index (χ3n) is 6.22. The minimum Gasteiger partial charge on any atom is -0.445 e. The van der Waals surface area contributed by atoms with E-state index in [0.717, 1.165) is 11.1 Å². The van der Waals surface area contributed by atoms with Crippen molar-refractivity contribution in [1.82, 2.24) is 15.0 Å². The van der Waals surface area contributed by atoms with E-state index in [1.807, 2.05) is 39.0 Å². The molecule has 0 atom stereocenters. The summed E-state index contributed by atoms with van der Waals surface area (Å²) in [5.74, 6) is 0.511. The molecule has 10 heteroatoms. The first-order chi connectivity index (χ1) is 17.6. The van der Waals surface area contributed by atoms with Gasteiger partial charge in [-0.15, -0.1) is 0 Å². The van der Waals surface area contributed by atoms with Gasteiger partial charge in [-0.2, -0.15) is 0 Å². The normalized spacial score (nSPS) is 11.6. The summed E-state index contributed by atoms with van der Waals surface area (Å²) in [4.78, 5) is 18.8. The van der Waals surface area contributed by atoms with Gasteiger partial charge in [0, 0.05) is 35.7 Å². The maximum atomic E-state index is 13.5. The highest BCUT2D eigenvalue weighted by Crippen LogP contribution is 2.35. The van der Waals surface area contributed by atoms with E-state index in [-0.39, 0.29) is 29.3 Å². The van der Waals surface area contributed by atoms with Crippen LogP contribution >= 0.6 is 0 Å². The Morgan fingerprint density at radius 1 is 1.11 bits per heavy atom. The van der Waals surface area contributed by atoms with E-state index in [1.54, 1.807) is 49.2 Å². The second-order valence-electron chi connectivity index (χ2n) is 9.00. The first-order valence-electron chi connectivity index (χ1n) is 12.0. The minimum absolute atomic E-state index is 0.00112. The van der Waals surface area contributed by atoms with Gasteiger partial charge in [0.2, 0.25) is 17.7 Å². The number of nitrogens with zero attached hydrogens (tertiary/aromatic N) is 3. The number of anilines is 1. The molecule has 2 aromatic carbocycles. The smallest absolute Gasteiger partial charge is 0.264 e. The standard InChI is InChI=1S/C27H30N4O5S/c1-6-25(32)31(17(2)3)16-21-15-20(27-28-13-14-35-27)11-12-22(21)23-9-7-8-10-24(23)37(33,34)30-26-18(4)19(5)29-36-26/h7-15,17,30H,6,16H2,1-5H3. The van der Waals surface area contributed by atoms with Crippen molar-refractivity contribution < 1.29 is 22.2 Å².